The summed E-state index contributed by atoms with van der Waals surface area (Å²) in [7, 11) is 1.69. The van der Waals surface area contributed by atoms with Crippen LogP contribution >= 0.6 is 0 Å². The number of hydrogen-bond acceptors (Lipinski definition) is 3. The summed E-state index contributed by atoms with van der Waals surface area (Å²) in [6.45, 7) is 3.05. The first-order chi connectivity index (χ1) is 14.1. The molecule has 1 aromatic heterocycles. The molecule has 1 atom stereocenters. The van der Waals surface area contributed by atoms with E-state index < -0.39 is 0 Å². The van der Waals surface area contributed by atoms with Gasteiger partial charge in [0.25, 0.3) is 0 Å². The summed E-state index contributed by atoms with van der Waals surface area (Å²) in [6.07, 6.45) is 5.80. The number of aromatic nitrogens is 1. The van der Waals surface area contributed by atoms with Gasteiger partial charge in [0.2, 0.25) is 0 Å². The van der Waals surface area contributed by atoms with E-state index >= 15 is 0 Å². The van der Waals surface area contributed by atoms with Gasteiger partial charge in [0.05, 0.1) is 7.11 Å². The molecular weight excluding hydrogens is 367 g/mol. The number of aryl methyl sites for hydroxylation is 1. The Bertz CT molecular complexity index is 980. The van der Waals surface area contributed by atoms with Crippen LogP contribution in [-0.2, 0) is 6.42 Å². The van der Waals surface area contributed by atoms with E-state index in [1.807, 2.05) is 6.07 Å². The Labute approximate surface area is 170 Å². The van der Waals surface area contributed by atoms with Crippen molar-refractivity contribution >= 4 is 16.7 Å². The second-order valence-electron chi connectivity index (χ2n) is 7.92. The second kappa shape index (κ2) is 8.78. The summed E-state index contributed by atoms with van der Waals surface area (Å²) in [4.78, 5) is 18.2. The van der Waals surface area contributed by atoms with E-state index in [9.17, 15) is 9.18 Å². The highest BCUT2D eigenvalue weighted by atomic mass is 19.1. The molecule has 0 bridgehead atoms. The van der Waals surface area contributed by atoms with Crippen molar-refractivity contribution in [2.45, 2.75) is 25.7 Å². The maximum absolute atomic E-state index is 13.0. The number of likely N-dealkylation sites (tertiary alicyclic amines) is 1. The summed E-state index contributed by atoms with van der Waals surface area (Å²) >= 11 is 0. The number of carbonyl (C=O) groups is 1. The van der Waals surface area contributed by atoms with Gasteiger partial charge in [-0.05, 0) is 86.3 Å². The molecule has 3 aromatic rings. The van der Waals surface area contributed by atoms with Crippen LogP contribution in [0.3, 0.4) is 0 Å². The average molecular weight is 394 g/mol. The highest BCUT2D eigenvalue weighted by Crippen LogP contribution is 2.26. The normalized spacial score (nSPS) is 17.1. The van der Waals surface area contributed by atoms with Gasteiger partial charge in [-0.3, -0.25) is 4.79 Å². The molecule has 1 aliphatic rings. The van der Waals surface area contributed by atoms with E-state index in [4.69, 9.17) is 4.74 Å². The largest absolute Gasteiger partial charge is 0.497 e. The van der Waals surface area contributed by atoms with Gasteiger partial charge in [-0.2, -0.15) is 0 Å². The van der Waals surface area contributed by atoms with Crippen molar-refractivity contribution in [1.82, 2.24) is 9.88 Å². The number of nitrogens with one attached hydrogen (secondary N) is 1. The maximum atomic E-state index is 13.0. The third kappa shape index (κ3) is 4.67. The minimum atomic E-state index is -0.303. The molecule has 1 aliphatic heterocycles. The number of ketones is 1. The molecule has 5 heteroatoms. The van der Waals surface area contributed by atoms with Crippen LogP contribution in [0, 0.1) is 11.7 Å². The lowest BCUT2D eigenvalue weighted by molar-refractivity contribution is 0.0962. The van der Waals surface area contributed by atoms with E-state index in [-0.39, 0.29) is 11.6 Å². The van der Waals surface area contributed by atoms with Crippen LogP contribution in [0.1, 0.15) is 35.2 Å². The van der Waals surface area contributed by atoms with Crippen molar-refractivity contribution in [3.05, 3.63) is 65.6 Å². The SMILES string of the molecule is COc1ccc2[nH]cc(CCCN3CCC(CC(=O)c4ccc(F)cc4)C3)c2c1. The van der Waals surface area contributed by atoms with E-state index in [2.05, 4.69) is 28.2 Å². The zero-order valence-corrected chi connectivity index (χ0v) is 16.8. The zero-order chi connectivity index (χ0) is 20.2. The van der Waals surface area contributed by atoms with Gasteiger partial charge in [0.15, 0.2) is 5.78 Å². The highest BCUT2D eigenvalue weighted by molar-refractivity contribution is 5.96. The molecule has 4 rings (SSSR count). The number of Topliss-reactive ketones (excluding diaryl/α,β-unsaturated/α-hetero) is 1. The summed E-state index contributed by atoms with van der Waals surface area (Å²) in [5.74, 6) is 1.09. The van der Waals surface area contributed by atoms with Crippen LogP contribution in [0.4, 0.5) is 4.39 Å². The molecule has 0 radical (unpaired) electrons. The van der Waals surface area contributed by atoms with Crippen molar-refractivity contribution < 1.29 is 13.9 Å². The molecule has 29 heavy (non-hydrogen) atoms. The molecule has 1 fully saturated rings. The van der Waals surface area contributed by atoms with Crippen LogP contribution in [-0.4, -0.2) is 42.4 Å². The second-order valence-corrected chi connectivity index (χ2v) is 7.92. The number of carbonyl (C=O) groups excluding carboxylic acids is 1. The lowest BCUT2D eigenvalue weighted by Gasteiger charge is -2.15. The molecule has 2 aromatic carbocycles. The highest BCUT2D eigenvalue weighted by Gasteiger charge is 2.24. The number of methoxy groups -OCH3 is 1. The average Bonchev–Trinajstić information content (AvgIpc) is 3.35. The van der Waals surface area contributed by atoms with Crippen molar-refractivity contribution in [3.63, 3.8) is 0 Å². The molecule has 0 saturated carbocycles. The Kier molecular flexibility index (Phi) is 5.95. The first kappa shape index (κ1) is 19.6. The van der Waals surface area contributed by atoms with Crippen molar-refractivity contribution in [2.24, 2.45) is 5.92 Å². The van der Waals surface area contributed by atoms with Crippen molar-refractivity contribution in [1.29, 1.82) is 0 Å². The topological polar surface area (TPSA) is 45.3 Å². The lowest BCUT2D eigenvalue weighted by atomic mass is 9.97. The van der Waals surface area contributed by atoms with Gasteiger partial charge < -0.3 is 14.6 Å². The number of nitrogens with zero attached hydrogens (tertiary/aromatic N) is 1. The third-order valence-corrected chi connectivity index (χ3v) is 5.91. The Morgan fingerprint density at radius 3 is 2.86 bits per heavy atom. The van der Waals surface area contributed by atoms with Gasteiger partial charge in [-0.1, -0.05) is 0 Å². The molecule has 152 valence electrons. The number of ether oxygens (including phenoxy) is 1. The Morgan fingerprint density at radius 2 is 2.07 bits per heavy atom. The molecule has 2 heterocycles. The van der Waals surface area contributed by atoms with Crippen molar-refractivity contribution in [2.75, 3.05) is 26.7 Å². The standard InChI is InChI=1S/C24H27FN2O2/c1-29-21-8-9-23-22(14-21)19(15-26-23)3-2-11-27-12-10-17(16-27)13-24(28)18-4-6-20(25)7-5-18/h4-9,14-15,17,26H,2-3,10-13,16H2,1H3. The predicted octanol–water partition coefficient (Wildman–Crippen LogP) is 4.84. The van der Waals surface area contributed by atoms with E-state index in [1.54, 1.807) is 19.2 Å². The van der Waals surface area contributed by atoms with Crippen molar-refractivity contribution in [3.8, 4) is 5.75 Å². The number of benzene rings is 2. The molecule has 4 nitrogen and oxygen atoms in total. The first-order valence-corrected chi connectivity index (χ1v) is 10.3. The fraction of sp³-hybridized carbons (Fsp3) is 0.375. The minimum absolute atomic E-state index is 0.115. The number of aromatic amines is 1. The molecule has 0 aliphatic carbocycles. The Hall–Kier alpha value is -2.66. The fourth-order valence-electron chi connectivity index (χ4n) is 4.28. The van der Waals surface area contributed by atoms with Gasteiger partial charge in [0.1, 0.15) is 11.6 Å². The summed E-state index contributed by atoms with van der Waals surface area (Å²) in [5.41, 5.74) is 3.07. The monoisotopic (exact) mass is 394 g/mol. The summed E-state index contributed by atoms with van der Waals surface area (Å²) in [6, 6.07) is 12.0. The van der Waals surface area contributed by atoms with Crippen LogP contribution in [0.2, 0.25) is 0 Å². The van der Waals surface area contributed by atoms with Crippen LogP contribution in [0.25, 0.3) is 10.9 Å². The molecule has 1 unspecified atom stereocenters. The predicted molar refractivity (Wildman–Crippen MR) is 113 cm³/mol. The first-order valence-electron chi connectivity index (χ1n) is 10.3. The van der Waals surface area contributed by atoms with Crippen LogP contribution in [0.5, 0.6) is 5.75 Å². The number of hydrogen-bond donors (Lipinski definition) is 1. The quantitative estimate of drug-likeness (QED) is 0.556. The summed E-state index contributed by atoms with van der Waals surface area (Å²) in [5, 5.41) is 1.23. The number of halogens is 1. The van der Waals surface area contributed by atoms with Gasteiger partial charge in [-0.15, -0.1) is 0 Å². The van der Waals surface area contributed by atoms with Crippen LogP contribution < -0.4 is 4.74 Å². The van der Waals surface area contributed by atoms with Gasteiger partial charge >= 0.3 is 0 Å². The van der Waals surface area contributed by atoms with Crippen LogP contribution in [0.15, 0.2) is 48.7 Å². The van der Waals surface area contributed by atoms with Gasteiger partial charge in [-0.25, -0.2) is 4.39 Å². The van der Waals surface area contributed by atoms with Gasteiger partial charge in [0, 0.05) is 35.6 Å². The molecule has 0 spiro atoms. The van der Waals surface area contributed by atoms with E-state index in [1.165, 1.54) is 23.1 Å². The third-order valence-electron chi connectivity index (χ3n) is 5.91. The number of rotatable bonds is 8. The smallest absolute Gasteiger partial charge is 0.163 e. The Morgan fingerprint density at radius 1 is 1.24 bits per heavy atom. The van der Waals surface area contributed by atoms with E-state index in [0.717, 1.165) is 50.2 Å². The summed E-state index contributed by atoms with van der Waals surface area (Å²) < 4.78 is 18.4. The zero-order valence-electron chi connectivity index (χ0n) is 16.8. The molecule has 1 saturated heterocycles. The number of H-pyrrole nitrogens is 1. The maximum Gasteiger partial charge on any atom is 0.163 e. The fourth-order valence-corrected chi connectivity index (χ4v) is 4.28. The Balaban J connectivity index is 1.25. The molecule has 1 N–H and O–H groups in total. The minimum Gasteiger partial charge on any atom is -0.497 e. The lowest BCUT2D eigenvalue weighted by Crippen LogP contribution is -2.23. The van der Waals surface area contributed by atoms with E-state index in [0.29, 0.717) is 17.9 Å². The molecule has 0 amide bonds. The molecular formula is C24H27FN2O2. The number of fused-ring (bicyclic) bond motifs is 1.